The molecule has 0 saturated heterocycles. The number of nitrogens with one attached hydrogen (secondary N) is 1. The first-order chi connectivity index (χ1) is 9.14. The van der Waals surface area contributed by atoms with E-state index < -0.39 is 0 Å². The Morgan fingerprint density at radius 2 is 2.21 bits per heavy atom. The molecule has 1 aromatic carbocycles. The largest absolute Gasteiger partial charge is 0.496 e. The lowest BCUT2D eigenvalue weighted by Gasteiger charge is -2.20. The van der Waals surface area contributed by atoms with Crippen molar-refractivity contribution in [3.05, 3.63) is 29.3 Å². The Bertz CT molecular complexity index is 446. The molecule has 0 radical (unpaired) electrons. The first-order valence-corrected chi connectivity index (χ1v) is 6.19. The van der Waals surface area contributed by atoms with E-state index in [0.29, 0.717) is 18.7 Å². The molecule has 0 spiro atoms. The highest BCUT2D eigenvalue weighted by Gasteiger charge is 2.12. The third-order valence-corrected chi connectivity index (χ3v) is 2.93. The third kappa shape index (κ3) is 4.37. The van der Waals surface area contributed by atoms with Gasteiger partial charge in [-0.15, -0.1) is 0 Å². The van der Waals surface area contributed by atoms with E-state index in [9.17, 15) is 9.59 Å². The summed E-state index contributed by atoms with van der Waals surface area (Å²) in [7, 11) is 3.21. The zero-order valence-corrected chi connectivity index (χ0v) is 11.6. The van der Waals surface area contributed by atoms with Crippen LogP contribution in [0.1, 0.15) is 22.8 Å². The van der Waals surface area contributed by atoms with Gasteiger partial charge in [0.2, 0.25) is 5.91 Å². The molecule has 5 heteroatoms. The molecule has 0 atom stereocenters. The molecule has 0 aliphatic carbocycles. The Labute approximate surface area is 113 Å². The van der Waals surface area contributed by atoms with E-state index >= 15 is 0 Å². The summed E-state index contributed by atoms with van der Waals surface area (Å²) in [5.74, 6) is 0.688. The molecule has 0 bridgehead atoms. The molecule has 104 valence electrons. The van der Waals surface area contributed by atoms with Crippen molar-refractivity contribution < 1.29 is 14.3 Å². The van der Waals surface area contributed by atoms with Crippen molar-refractivity contribution in [3.8, 4) is 5.75 Å². The monoisotopic (exact) mass is 264 g/mol. The molecular formula is C14H20N2O3. The maximum Gasteiger partial charge on any atom is 0.233 e. The summed E-state index contributed by atoms with van der Waals surface area (Å²) in [5, 5.41) is 2.60. The van der Waals surface area contributed by atoms with Gasteiger partial charge in [0.25, 0.3) is 0 Å². The second kappa shape index (κ2) is 7.53. The zero-order chi connectivity index (χ0) is 14.3. The predicted molar refractivity (Wildman–Crippen MR) is 73.4 cm³/mol. The van der Waals surface area contributed by atoms with Gasteiger partial charge < -0.3 is 10.1 Å². The molecule has 1 aromatic rings. The number of carbonyl (C=O) groups excluding carboxylic acids is 2. The standard InChI is InChI=1S/C14H20N2O3/c1-4-16(9-14(18)15-2)8-12-7-11(10-17)5-6-13(12)19-3/h5-7,10H,4,8-9H2,1-3H3,(H,15,18). The highest BCUT2D eigenvalue weighted by Crippen LogP contribution is 2.21. The van der Waals surface area contributed by atoms with Gasteiger partial charge in [0.1, 0.15) is 12.0 Å². The maximum absolute atomic E-state index is 11.4. The van der Waals surface area contributed by atoms with E-state index in [0.717, 1.165) is 24.1 Å². The minimum Gasteiger partial charge on any atom is -0.496 e. The number of amides is 1. The van der Waals surface area contributed by atoms with E-state index in [2.05, 4.69) is 5.32 Å². The van der Waals surface area contributed by atoms with Crippen molar-refractivity contribution in [1.29, 1.82) is 0 Å². The van der Waals surface area contributed by atoms with Gasteiger partial charge in [0.05, 0.1) is 13.7 Å². The van der Waals surface area contributed by atoms with Gasteiger partial charge in [-0.1, -0.05) is 6.92 Å². The summed E-state index contributed by atoms with van der Waals surface area (Å²) >= 11 is 0. The molecular weight excluding hydrogens is 244 g/mol. The van der Waals surface area contributed by atoms with Crippen LogP contribution < -0.4 is 10.1 Å². The van der Waals surface area contributed by atoms with Gasteiger partial charge in [-0.25, -0.2) is 0 Å². The molecule has 1 rings (SSSR count). The smallest absolute Gasteiger partial charge is 0.233 e. The minimum absolute atomic E-state index is 0.0349. The van der Waals surface area contributed by atoms with Gasteiger partial charge in [-0.3, -0.25) is 14.5 Å². The molecule has 0 heterocycles. The van der Waals surface area contributed by atoms with Crippen LogP contribution in [-0.4, -0.2) is 44.3 Å². The fraction of sp³-hybridized carbons (Fsp3) is 0.429. The van der Waals surface area contributed by atoms with Crippen molar-refractivity contribution in [1.82, 2.24) is 10.2 Å². The number of ether oxygens (including phenoxy) is 1. The van der Waals surface area contributed by atoms with Crippen molar-refractivity contribution in [3.63, 3.8) is 0 Å². The fourth-order valence-electron chi connectivity index (χ4n) is 1.80. The van der Waals surface area contributed by atoms with Gasteiger partial charge in [-0.05, 0) is 24.7 Å². The van der Waals surface area contributed by atoms with Crippen LogP contribution in [0.5, 0.6) is 5.75 Å². The second-order valence-electron chi connectivity index (χ2n) is 4.17. The molecule has 0 fully saturated rings. The molecule has 0 aromatic heterocycles. The van der Waals surface area contributed by atoms with Crippen LogP contribution in [0.4, 0.5) is 0 Å². The summed E-state index contributed by atoms with van der Waals surface area (Å²) in [5.41, 5.74) is 1.50. The number of nitrogens with zero attached hydrogens (tertiary/aromatic N) is 1. The number of benzene rings is 1. The summed E-state index contributed by atoms with van der Waals surface area (Å²) in [6.07, 6.45) is 0.804. The molecule has 1 N–H and O–H groups in total. The van der Waals surface area contributed by atoms with Crippen molar-refractivity contribution in [2.45, 2.75) is 13.5 Å². The van der Waals surface area contributed by atoms with E-state index in [1.165, 1.54) is 0 Å². The van der Waals surface area contributed by atoms with Gasteiger partial charge in [0, 0.05) is 24.7 Å². The topological polar surface area (TPSA) is 58.6 Å². The van der Waals surface area contributed by atoms with Crippen molar-refractivity contribution >= 4 is 12.2 Å². The lowest BCUT2D eigenvalue weighted by molar-refractivity contribution is -0.121. The number of likely N-dealkylation sites (N-methyl/N-ethyl adjacent to an activating group) is 2. The number of hydrogen-bond donors (Lipinski definition) is 1. The first kappa shape index (κ1) is 15.2. The Morgan fingerprint density at radius 1 is 1.47 bits per heavy atom. The van der Waals surface area contributed by atoms with Crippen LogP contribution in [0.2, 0.25) is 0 Å². The molecule has 5 nitrogen and oxygen atoms in total. The maximum atomic E-state index is 11.4. The van der Waals surface area contributed by atoms with Gasteiger partial charge in [0.15, 0.2) is 0 Å². The second-order valence-corrected chi connectivity index (χ2v) is 4.17. The van der Waals surface area contributed by atoms with Crippen LogP contribution in [0.15, 0.2) is 18.2 Å². The molecule has 0 aliphatic rings. The van der Waals surface area contributed by atoms with Crippen LogP contribution >= 0.6 is 0 Å². The predicted octanol–water partition coefficient (Wildman–Crippen LogP) is 1.08. The van der Waals surface area contributed by atoms with E-state index in [-0.39, 0.29) is 5.91 Å². The summed E-state index contributed by atoms with van der Waals surface area (Å²) in [4.78, 5) is 24.2. The Morgan fingerprint density at radius 3 is 2.74 bits per heavy atom. The number of aldehydes is 1. The lowest BCUT2D eigenvalue weighted by atomic mass is 10.1. The Hall–Kier alpha value is -1.88. The molecule has 0 aliphatic heterocycles. The van der Waals surface area contributed by atoms with E-state index in [1.807, 2.05) is 11.8 Å². The summed E-state index contributed by atoms with van der Waals surface area (Å²) in [6.45, 7) is 3.61. The van der Waals surface area contributed by atoms with E-state index in [1.54, 1.807) is 32.4 Å². The molecule has 19 heavy (non-hydrogen) atoms. The first-order valence-electron chi connectivity index (χ1n) is 6.19. The quantitative estimate of drug-likeness (QED) is 0.749. The number of methoxy groups -OCH3 is 1. The van der Waals surface area contributed by atoms with Crippen LogP contribution in [0, 0.1) is 0 Å². The fourth-order valence-corrected chi connectivity index (χ4v) is 1.80. The van der Waals surface area contributed by atoms with Gasteiger partial charge in [-0.2, -0.15) is 0 Å². The van der Waals surface area contributed by atoms with Crippen molar-refractivity contribution in [2.24, 2.45) is 0 Å². The lowest BCUT2D eigenvalue weighted by Crippen LogP contribution is -2.35. The number of rotatable bonds is 7. The Kier molecular flexibility index (Phi) is 6.02. The molecule has 0 saturated carbocycles. The normalized spacial score (nSPS) is 10.3. The van der Waals surface area contributed by atoms with Crippen molar-refractivity contribution in [2.75, 3.05) is 27.2 Å². The highest BCUT2D eigenvalue weighted by atomic mass is 16.5. The zero-order valence-electron chi connectivity index (χ0n) is 11.6. The van der Waals surface area contributed by atoms with Crippen LogP contribution in [0.25, 0.3) is 0 Å². The summed E-state index contributed by atoms with van der Waals surface area (Å²) in [6, 6.07) is 5.27. The number of carbonyl (C=O) groups is 2. The van der Waals surface area contributed by atoms with E-state index in [4.69, 9.17) is 4.74 Å². The third-order valence-electron chi connectivity index (χ3n) is 2.93. The SMILES string of the molecule is CCN(CC(=O)NC)Cc1cc(C=O)ccc1OC. The summed E-state index contributed by atoms with van der Waals surface area (Å²) < 4.78 is 5.28. The number of hydrogen-bond acceptors (Lipinski definition) is 4. The Balaban J connectivity index is 2.88. The van der Waals surface area contributed by atoms with Crippen LogP contribution in [-0.2, 0) is 11.3 Å². The average molecular weight is 264 g/mol. The highest BCUT2D eigenvalue weighted by molar-refractivity contribution is 5.77. The molecule has 1 amide bonds. The molecule has 0 unspecified atom stereocenters. The van der Waals surface area contributed by atoms with Gasteiger partial charge >= 0.3 is 0 Å². The van der Waals surface area contributed by atoms with Crippen LogP contribution in [0.3, 0.4) is 0 Å². The minimum atomic E-state index is -0.0349. The average Bonchev–Trinajstić information content (AvgIpc) is 2.45.